The van der Waals surface area contributed by atoms with Crippen molar-refractivity contribution in [3.05, 3.63) is 57.6 Å². The highest BCUT2D eigenvalue weighted by Crippen LogP contribution is 2.41. The van der Waals surface area contributed by atoms with Gasteiger partial charge >= 0.3 is 0 Å². The number of benzene rings is 2. The maximum absolute atomic E-state index is 13.0. The number of nitrogens with zero attached hydrogens (tertiary/aromatic N) is 2. The molecule has 1 aliphatic rings. The Balaban J connectivity index is 1.91. The molecule has 2 aromatic carbocycles. The topological polar surface area (TPSA) is 82.1 Å². The fourth-order valence-electron chi connectivity index (χ4n) is 3.93. The molecule has 2 N–H and O–H groups in total. The predicted molar refractivity (Wildman–Crippen MR) is 134 cm³/mol. The number of carbonyl (C=O) groups excluding carboxylic acids is 2. The lowest BCUT2D eigenvalue weighted by atomic mass is 9.78. The highest BCUT2D eigenvalue weighted by Gasteiger charge is 2.52. The fourth-order valence-corrected chi connectivity index (χ4v) is 4.60. The van der Waals surface area contributed by atoms with Gasteiger partial charge in [-0.3, -0.25) is 19.9 Å². The second-order valence-corrected chi connectivity index (χ2v) is 10.3. The van der Waals surface area contributed by atoms with E-state index in [1.54, 1.807) is 26.0 Å². The molecule has 1 aliphatic heterocycles. The van der Waals surface area contributed by atoms with Crippen molar-refractivity contribution in [1.29, 1.82) is 0 Å². The number of hydrogen-bond donors (Lipinski definition) is 2. The lowest BCUT2D eigenvalue weighted by Crippen LogP contribution is -2.55. The maximum Gasteiger partial charge on any atom is 0.252 e. The summed E-state index contributed by atoms with van der Waals surface area (Å²) in [6.45, 7) is 8.95. The Hall–Kier alpha value is -2.03. The molecular weight excluding hydrogens is 501 g/mol. The van der Waals surface area contributed by atoms with Crippen LogP contribution in [0.1, 0.15) is 45.7 Å². The molecule has 0 saturated carbocycles. The minimum absolute atomic E-state index is 0.294. The molecule has 2 amide bonds. The zero-order chi connectivity index (χ0) is 25.4. The van der Waals surface area contributed by atoms with E-state index in [0.717, 1.165) is 11.1 Å². The Kier molecular flexibility index (Phi) is 7.75. The molecule has 0 aromatic heterocycles. The fraction of sp³-hybridized carbons (Fsp3) is 0.417. The van der Waals surface area contributed by atoms with Crippen molar-refractivity contribution >= 4 is 52.3 Å². The van der Waals surface area contributed by atoms with Crippen molar-refractivity contribution < 1.29 is 19.4 Å². The van der Waals surface area contributed by atoms with Gasteiger partial charge in [-0.25, -0.2) is 0 Å². The van der Waals surface area contributed by atoms with Gasteiger partial charge in [0, 0.05) is 18.0 Å². The number of hydrogen-bond acceptors (Lipinski definition) is 5. The highest BCUT2D eigenvalue weighted by atomic mass is 35.5. The third kappa shape index (κ3) is 4.86. The summed E-state index contributed by atoms with van der Waals surface area (Å²) in [6.07, 6.45) is -1.34. The second-order valence-electron chi connectivity index (χ2n) is 9.10. The van der Waals surface area contributed by atoms with Crippen LogP contribution >= 0.6 is 34.8 Å². The van der Waals surface area contributed by atoms with E-state index in [1.165, 1.54) is 16.8 Å². The van der Waals surface area contributed by atoms with Crippen molar-refractivity contribution in [2.45, 2.75) is 51.9 Å². The molecule has 34 heavy (non-hydrogen) atoms. The molecule has 1 unspecified atom stereocenters. The van der Waals surface area contributed by atoms with Gasteiger partial charge in [0.25, 0.3) is 5.91 Å². The number of nitrogens with one attached hydrogen (secondary N) is 1. The summed E-state index contributed by atoms with van der Waals surface area (Å²) in [5, 5.41) is 12.8. The van der Waals surface area contributed by atoms with Gasteiger partial charge < -0.3 is 9.84 Å². The van der Waals surface area contributed by atoms with Gasteiger partial charge in [-0.2, -0.15) is 5.01 Å². The molecule has 0 aliphatic carbocycles. The molecule has 10 heteroatoms. The van der Waals surface area contributed by atoms with Gasteiger partial charge in [0.15, 0.2) is 5.75 Å². The Morgan fingerprint density at radius 2 is 1.71 bits per heavy atom. The van der Waals surface area contributed by atoms with Gasteiger partial charge in [0.1, 0.15) is 12.1 Å². The smallest absolute Gasteiger partial charge is 0.252 e. The first-order valence-electron chi connectivity index (χ1n) is 10.7. The lowest BCUT2D eigenvalue weighted by Gasteiger charge is -2.30. The monoisotopic (exact) mass is 527 g/mol. The molecule has 0 spiro atoms. The second kappa shape index (κ2) is 9.91. The van der Waals surface area contributed by atoms with E-state index < -0.39 is 17.3 Å². The van der Waals surface area contributed by atoms with Crippen LogP contribution in [0.3, 0.4) is 0 Å². The number of hydrazine groups is 1. The largest absolute Gasteiger partial charge is 0.489 e. The highest BCUT2D eigenvalue weighted by molar-refractivity contribution is 6.37. The number of anilines is 1. The van der Waals surface area contributed by atoms with E-state index >= 15 is 0 Å². The summed E-state index contributed by atoms with van der Waals surface area (Å²) in [5.74, 6) is -0.00544. The van der Waals surface area contributed by atoms with Crippen molar-refractivity contribution in [1.82, 2.24) is 10.4 Å². The number of aliphatic hydroxyl groups is 1. The summed E-state index contributed by atoms with van der Waals surface area (Å²) in [7, 11) is 0. The number of rotatable bonds is 7. The number of amides is 2. The third-order valence-corrected chi connectivity index (χ3v) is 6.71. The van der Waals surface area contributed by atoms with Crippen LogP contribution in [-0.2, 0) is 15.0 Å². The van der Waals surface area contributed by atoms with Crippen LogP contribution in [0.2, 0.25) is 10.0 Å². The Labute approximate surface area is 214 Å². The van der Waals surface area contributed by atoms with Crippen LogP contribution in [0, 0.1) is 0 Å². The summed E-state index contributed by atoms with van der Waals surface area (Å²) in [6, 6.07) is 10.9. The zero-order valence-corrected chi connectivity index (χ0v) is 21.9. The quantitative estimate of drug-likeness (QED) is 0.510. The van der Waals surface area contributed by atoms with Crippen LogP contribution < -0.4 is 15.1 Å². The molecule has 1 fully saturated rings. The first-order valence-corrected chi connectivity index (χ1v) is 12.0. The van der Waals surface area contributed by atoms with Crippen molar-refractivity contribution in [3.8, 4) is 5.75 Å². The zero-order valence-electron chi connectivity index (χ0n) is 19.7. The number of alkyl halides is 1. The summed E-state index contributed by atoms with van der Waals surface area (Å²) in [4.78, 5) is 25.9. The number of halogens is 3. The number of aliphatic hydroxyl groups excluding tert-OH is 1. The Morgan fingerprint density at radius 1 is 1.15 bits per heavy atom. The summed E-state index contributed by atoms with van der Waals surface area (Å²) in [5.41, 5.74) is 3.25. The molecule has 1 atom stereocenters. The van der Waals surface area contributed by atoms with Crippen LogP contribution in [-0.4, -0.2) is 46.3 Å². The van der Waals surface area contributed by atoms with Gasteiger partial charge in [-0.15, -0.1) is 11.6 Å². The minimum Gasteiger partial charge on any atom is -0.489 e. The lowest BCUT2D eigenvalue weighted by molar-refractivity contribution is -0.135. The average Bonchev–Trinajstić information content (AvgIpc) is 2.92. The molecular formula is C24H28Cl3N3O4. The molecule has 7 nitrogen and oxygen atoms in total. The van der Waals surface area contributed by atoms with Gasteiger partial charge in [-0.05, 0) is 49.2 Å². The number of ether oxygens (including phenoxy) is 1. The Bertz CT molecular complexity index is 1070. The van der Waals surface area contributed by atoms with E-state index in [9.17, 15) is 14.7 Å². The van der Waals surface area contributed by atoms with E-state index in [2.05, 4.69) is 5.43 Å². The predicted octanol–water partition coefficient (Wildman–Crippen LogP) is 4.69. The SMILES string of the molecule is CC(=O)NN1C(O)N(c2ccc(C(C)(C)c3cc(Cl)c(OCCCl)c(Cl)c3)cc2)C(=O)C1(C)C. The van der Waals surface area contributed by atoms with E-state index in [1.807, 2.05) is 38.1 Å². The molecule has 0 bridgehead atoms. The van der Waals surface area contributed by atoms with E-state index in [0.29, 0.717) is 34.0 Å². The Morgan fingerprint density at radius 3 is 2.21 bits per heavy atom. The van der Waals surface area contributed by atoms with Crippen molar-refractivity contribution in [2.75, 3.05) is 17.4 Å². The molecule has 3 rings (SSSR count). The van der Waals surface area contributed by atoms with Gasteiger partial charge in [0.05, 0.1) is 15.9 Å². The first-order chi connectivity index (χ1) is 15.8. The van der Waals surface area contributed by atoms with E-state index in [4.69, 9.17) is 39.5 Å². The molecule has 0 radical (unpaired) electrons. The average molecular weight is 529 g/mol. The van der Waals surface area contributed by atoms with E-state index in [-0.39, 0.29) is 11.8 Å². The summed E-state index contributed by atoms with van der Waals surface area (Å²) >= 11 is 18.5. The van der Waals surface area contributed by atoms with Crippen LogP contribution in [0.25, 0.3) is 0 Å². The normalized spacial score (nSPS) is 18.3. The maximum atomic E-state index is 13.0. The standard InChI is InChI=1S/C24H28Cl3N3O4/c1-14(31)28-30-22(33)29(21(32)24(30,4)5)17-8-6-15(7-9-17)23(2,3)16-12-18(26)20(19(27)13-16)34-11-10-25/h6-9,12-13,22,33H,10-11H2,1-5H3,(H,28,31). The van der Waals surface area contributed by atoms with Crippen molar-refractivity contribution in [2.24, 2.45) is 0 Å². The summed E-state index contributed by atoms with van der Waals surface area (Å²) < 4.78 is 5.55. The van der Waals surface area contributed by atoms with Crippen molar-refractivity contribution in [3.63, 3.8) is 0 Å². The molecule has 2 aromatic rings. The number of carbonyl (C=O) groups is 2. The van der Waals surface area contributed by atoms with Crippen LogP contribution in [0.4, 0.5) is 5.69 Å². The van der Waals surface area contributed by atoms with Gasteiger partial charge in [0.2, 0.25) is 12.3 Å². The van der Waals surface area contributed by atoms with Gasteiger partial charge in [-0.1, -0.05) is 49.2 Å². The van der Waals surface area contributed by atoms with Crippen LogP contribution in [0.15, 0.2) is 36.4 Å². The first kappa shape index (κ1) is 26.6. The minimum atomic E-state index is -1.34. The molecule has 1 saturated heterocycles. The molecule has 184 valence electrons. The van der Waals surface area contributed by atoms with Crippen LogP contribution in [0.5, 0.6) is 5.75 Å². The third-order valence-electron chi connectivity index (χ3n) is 5.99. The molecule has 1 heterocycles.